The molecule has 0 aliphatic heterocycles. The van der Waals surface area contributed by atoms with E-state index in [1.54, 1.807) is 6.21 Å². The predicted octanol–water partition coefficient (Wildman–Crippen LogP) is 3.89. The lowest BCUT2D eigenvalue weighted by Crippen LogP contribution is -2.31. The first-order chi connectivity index (χ1) is 10.9. The van der Waals surface area contributed by atoms with Crippen molar-refractivity contribution < 1.29 is 14.4 Å². The molecule has 0 unspecified atom stereocenters. The molecule has 0 saturated heterocycles. The maximum absolute atomic E-state index is 12.7. The van der Waals surface area contributed by atoms with Crippen molar-refractivity contribution in [1.29, 1.82) is 0 Å². The second-order valence-electron chi connectivity index (χ2n) is 6.87. The zero-order chi connectivity index (χ0) is 16.8. The fourth-order valence-electron chi connectivity index (χ4n) is 4.05. The molecular formula is C19H23NO3. The first kappa shape index (κ1) is 15.9. The van der Waals surface area contributed by atoms with Gasteiger partial charge in [-0.05, 0) is 62.3 Å². The second-order valence-corrected chi connectivity index (χ2v) is 6.87. The summed E-state index contributed by atoms with van der Waals surface area (Å²) in [5, 5.41) is 3.65. The van der Waals surface area contributed by atoms with Gasteiger partial charge >= 0.3 is 5.97 Å². The van der Waals surface area contributed by atoms with Gasteiger partial charge in [0, 0.05) is 30.0 Å². The van der Waals surface area contributed by atoms with E-state index in [1.807, 2.05) is 6.08 Å². The predicted molar refractivity (Wildman–Crippen MR) is 88.8 cm³/mol. The average molecular weight is 313 g/mol. The van der Waals surface area contributed by atoms with Crippen LogP contribution in [0.15, 0.2) is 39.1 Å². The monoisotopic (exact) mass is 313 g/mol. The molecule has 1 atom stereocenters. The molecule has 3 rings (SSSR count). The largest absolute Gasteiger partial charge is 0.331 e. The summed E-state index contributed by atoms with van der Waals surface area (Å²) < 4.78 is 0. The average Bonchev–Trinajstić information content (AvgIpc) is 3.23. The van der Waals surface area contributed by atoms with Crippen molar-refractivity contribution >= 4 is 18.0 Å². The van der Waals surface area contributed by atoms with Crippen LogP contribution in [0.25, 0.3) is 0 Å². The van der Waals surface area contributed by atoms with Gasteiger partial charge in [0.2, 0.25) is 0 Å². The highest BCUT2D eigenvalue weighted by Gasteiger charge is 2.56. The van der Waals surface area contributed by atoms with E-state index in [1.165, 1.54) is 29.2 Å². The SMILES string of the molecule is CC(=O)ON=CCCC1=C(C)C=C2C(=O)[C@@H](C)C3(CC3)C(C)=C21. The molecule has 1 fully saturated rings. The highest BCUT2D eigenvalue weighted by molar-refractivity contribution is 6.07. The zero-order valence-electron chi connectivity index (χ0n) is 14.2. The molecular weight excluding hydrogens is 290 g/mol. The minimum Gasteiger partial charge on any atom is -0.319 e. The van der Waals surface area contributed by atoms with Crippen LogP contribution >= 0.6 is 0 Å². The van der Waals surface area contributed by atoms with E-state index < -0.39 is 5.97 Å². The van der Waals surface area contributed by atoms with Gasteiger partial charge in [0.1, 0.15) is 0 Å². The first-order valence-electron chi connectivity index (χ1n) is 8.25. The summed E-state index contributed by atoms with van der Waals surface area (Å²) in [5.74, 6) is -0.0104. The number of allylic oxidation sites excluding steroid dienone is 6. The molecule has 23 heavy (non-hydrogen) atoms. The quantitative estimate of drug-likeness (QED) is 0.449. The van der Waals surface area contributed by atoms with Crippen LogP contribution in [0.2, 0.25) is 0 Å². The molecule has 0 bridgehead atoms. The van der Waals surface area contributed by atoms with Crippen molar-refractivity contribution in [1.82, 2.24) is 0 Å². The van der Waals surface area contributed by atoms with Gasteiger partial charge < -0.3 is 4.84 Å². The van der Waals surface area contributed by atoms with Crippen LogP contribution in [0.3, 0.4) is 0 Å². The summed E-state index contributed by atoms with van der Waals surface area (Å²) in [5.41, 5.74) is 6.01. The van der Waals surface area contributed by atoms with Crippen molar-refractivity contribution in [2.45, 2.75) is 53.4 Å². The van der Waals surface area contributed by atoms with Crippen LogP contribution in [0, 0.1) is 11.3 Å². The van der Waals surface area contributed by atoms with Gasteiger partial charge in [-0.25, -0.2) is 4.79 Å². The van der Waals surface area contributed by atoms with Crippen LogP contribution in [-0.4, -0.2) is 18.0 Å². The Balaban J connectivity index is 1.82. The molecule has 1 saturated carbocycles. The number of rotatable bonds is 4. The molecule has 0 heterocycles. The lowest BCUT2D eigenvalue weighted by molar-refractivity contribution is -0.140. The fraction of sp³-hybridized carbons (Fsp3) is 0.526. The highest BCUT2D eigenvalue weighted by Crippen LogP contribution is 2.63. The van der Waals surface area contributed by atoms with Gasteiger partial charge in [-0.1, -0.05) is 17.7 Å². The van der Waals surface area contributed by atoms with E-state index in [-0.39, 0.29) is 11.3 Å². The lowest BCUT2D eigenvalue weighted by Gasteiger charge is -2.32. The van der Waals surface area contributed by atoms with E-state index in [0.717, 1.165) is 24.8 Å². The van der Waals surface area contributed by atoms with Gasteiger partial charge in [-0.2, -0.15) is 0 Å². The van der Waals surface area contributed by atoms with E-state index in [2.05, 4.69) is 30.8 Å². The van der Waals surface area contributed by atoms with E-state index in [9.17, 15) is 9.59 Å². The Kier molecular flexibility index (Phi) is 3.86. The number of carbonyl (C=O) groups is 2. The second kappa shape index (κ2) is 5.59. The molecule has 0 aromatic heterocycles. The Morgan fingerprint density at radius 2 is 2.13 bits per heavy atom. The van der Waals surface area contributed by atoms with Crippen molar-refractivity contribution in [3.05, 3.63) is 33.9 Å². The summed E-state index contributed by atoms with van der Waals surface area (Å²) in [6, 6.07) is 0. The molecule has 0 aromatic rings. The highest BCUT2D eigenvalue weighted by atomic mass is 16.7. The molecule has 4 heteroatoms. The molecule has 0 amide bonds. The Bertz CT molecular complexity index is 702. The van der Waals surface area contributed by atoms with Crippen LogP contribution in [0.1, 0.15) is 53.4 Å². The van der Waals surface area contributed by atoms with Gasteiger partial charge in [-0.3, -0.25) is 4.79 Å². The number of ketones is 1. The molecule has 3 aliphatic rings. The minimum atomic E-state index is -0.414. The Hall–Kier alpha value is -1.97. The summed E-state index contributed by atoms with van der Waals surface area (Å²) in [6.45, 7) is 7.68. The van der Waals surface area contributed by atoms with E-state index in [0.29, 0.717) is 12.2 Å². The van der Waals surface area contributed by atoms with Crippen molar-refractivity contribution in [2.75, 3.05) is 0 Å². The zero-order valence-corrected chi connectivity index (χ0v) is 14.2. The molecule has 4 nitrogen and oxygen atoms in total. The smallest absolute Gasteiger partial charge is 0.319 e. The molecule has 3 aliphatic carbocycles. The van der Waals surface area contributed by atoms with Crippen molar-refractivity contribution in [2.24, 2.45) is 16.5 Å². The third kappa shape index (κ3) is 2.50. The van der Waals surface area contributed by atoms with Gasteiger partial charge in [0.15, 0.2) is 5.78 Å². The normalized spacial score (nSPS) is 25.3. The van der Waals surface area contributed by atoms with Crippen molar-refractivity contribution in [3.8, 4) is 0 Å². The lowest BCUT2D eigenvalue weighted by atomic mass is 9.70. The summed E-state index contributed by atoms with van der Waals surface area (Å²) in [4.78, 5) is 28.0. The molecule has 0 N–H and O–H groups in total. The number of fused-ring (bicyclic) bond motifs is 1. The van der Waals surface area contributed by atoms with Crippen LogP contribution < -0.4 is 0 Å². The number of hydrogen-bond acceptors (Lipinski definition) is 4. The molecule has 1 spiro atoms. The topological polar surface area (TPSA) is 55.7 Å². The first-order valence-corrected chi connectivity index (χ1v) is 8.25. The summed E-state index contributed by atoms with van der Waals surface area (Å²) in [7, 11) is 0. The number of hydrogen-bond donors (Lipinski definition) is 0. The summed E-state index contributed by atoms with van der Waals surface area (Å²) in [6.07, 6.45) is 7.42. The van der Waals surface area contributed by atoms with E-state index >= 15 is 0 Å². The minimum absolute atomic E-state index is 0.107. The Labute approximate surface area is 137 Å². The van der Waals surface area contributed by atoms with E-state index in [4.69, 9.17) is 0 Å². The fourth-order valence-corrected chi connectivity index (χ4v) is 4.05. The Morgan fingerprint density at radius 1 is 1.43 bits per heavy atom. The number of nitrogens with zero attached hydrogens (tertiary/aromatic N) is 1. The standard InChI is InChI=1S/C19H23NO3/c1-11-10-16-17(15(11)6-5-9-20-23-14(4)21)12(2)19(7-8-19)13(3)18(16)22/h9-10,13H,5-8H2,1-4H3/t13-/m1/s1. The van der Waals surface area contributed by atoms with Gasteiger partial charge in [0.05, 0.1) is 0 Å². The Morgan fingerprint density at radius 3 is 2.74 bits per heavy atom. The third-order valence-corrected chi connectivity index (χ3v) is 5.59. The maximum Gasteiger partial charge on any atom is 0.331 e. The number of oxime groups is 1. The summed E-state index contributed by atoms with van der Waals surface area (Å²) >= 11 is 0. The van der Waals surface area contributed by atoms with Crippen molar-refractivity contribution in [3.63, 3.8) is 0 Å². The van der Waals surface area contributed by atoms with Gasteiger partial charge in [0.25, 0.3) is 0 Å². The number of carbonyl (C=O) groups excluding carboxylic acids is 2. The number of Topliss-reactive ketones (excluding diaryl/α,β-unsaturated/α-hetero) is 1. The van der Waals surface area contributed by atoms with Gasteiger partial charge in [-0.15, -0.1) is 0 Å². The van der Waals surface area contributed by atoms with Crippen LogP contribution in [0.5, 0.6) is 0 Å². The van der Waals surface area contributed by atoms with Crippen LogP contribution in [-0.2, 0) is 14.4 Å². The molecule has 0 aromatic carbocycles. The maximum atomic E-state index is 12.7. The molecule has 122 valence electrons. The van der Waals surface area contributed by atoms with Crippen LogP contribution in [0.4, 0.5) is 0 Å². The third-order valence-electron chi connectivity index (χ3n) is 5.59. The molecule has 0 radical (unpaired) electrons.